The van der Waals surface area contributed by atoms with Crippen LogP contribution in [-0.4, -0.2) is 91.0 Å². The van der Waals surface area contributed by atoms with E-state index < -0.39 is 23.5 Å². The number of fused-ring (bicyclic) bond motifs is 1. The summed E-state index contributed by atoms with van der Waals surface area (Å²) in [6.45, 7) is 4.06. The topological polar surface area (TPSA) is 149 Å². The van der Waals surface area contributed by atoms with Crippen molar-refractivity contribution in [3.05, 3.63) is 113 Å². The zero-order valence-electron chi connectivity index (χ0n) is 27.9. The van der Waals surface area contributed by atoms with Gasteiger partial charge in [-0.05, 0) is 34.4 Å². The van der Waals surface area contributed by atoms with Crippen molar-refractivity contribution in [3.63, 3.8) is 0 Å². The Morgan fingerprint density at radius 3 is 2.18 bits per heavy atom. The number of hydrogen-bond acceptors (Lipinski definition) is 10. The first-order valence-corrected chi connectivity index (χ1v) is 18.5. The quantitative estimate of drug-likeness (QED) is 0.0773. The third-order valence-electron chi connectivity index (χ3n) is 7.93. The van der Waals surface area contributed by atoms with Gasteiger partial charge in [0.1, 0.15) is 17.1 Å². The molecule has 2 unspecified atom stereocenters. The van der Waals surface area contributed by atoms with Gasteiger partial charge in [-0.2, -0.15) is 0 Å². The van der Waals surface area contributed by atoms with Crippen molar-refractivity contribution in [1.29, 1.82) is 0 Å². The number of nitrogens with zero attached hydrogens (tertiary/aromatic N) is 1. The molecule has 11 nitrogen and oxygen atoms in total. The number of β-lactam (4-membered cyclic amide) rings is 1. The largest absolute Gasteiger partial charge is 0.448 e. The second-order valence-electron chi connectivity index (χ2n) is 11.6. The Morgan fingerprint density at radius 2 is 1.56 bits per heavy atom. The number of nitrogens with one attached hydrogen (secondary N) is 2. The molecule has 0 spiro atoms. The number of rotatable bonds is 18. The molecule has 3 aromatic carbocycles. The molecule has 0 saturated carbocycles. The molecule has 264 valence electrons. The summed E-state index contributed by atoms with van der Waals surface area (Å²) in [5, 5.41) is 5.18. The number of esters is 1. The highest BCUT2D eigenvalue weighted by molar-refractivity contribution is 8.01. The average molecular weight is 719 g/mol. The molecule has 13 heteroatoms. The molecule has 50 heavy (non-hydrogen) atoms. The molecule has 0 radical (unpaired) electrons. The van der Waals surface area contributed by atoms with Gasteiger partial charge in [0.05, 0.1) is 32.8 Å². The van der Waals surface area contributed by atoms with Crippen molar-refractivity contribution in [2.45, 2.75) is 35.8 Å². The lowest BCUT2D eigenvalue weighted by atomic mass is 10.0. The summed E-state index contributed by atoms with van der Waals surface area (Å²) >= 11 is 3.05. The molecule has 2 aliphatic rings. The predicted molar refractivity (Wildman–Crippen MR) is 193 cm³/mol. The molecular weight excluding hydrogens is 677 g/mol. The summed E-state index contributed by atoms with van der Waals surface area (Å²) in [5.41, 5.74) is 8.86. The maximum absolute atomic E-state index is 14.1. The Bertz CT molecular complexity index is 1600. The number of nitrogens with two attached hydrogens (primary N) is 1. The van der Waals surface area contributed by atoms with E-state index in [1.807, 2.05) is 84.9 Å². The fourth-order valence-corrected chi connectivity index (χ4v) is 7.92. The minimum atomic E-state index is -0.702. The van der Waals surface area contributed by atoms with Gasteiger partial charge in [-0.15, -0.1) is 23.5 Å². The zero-order chi connectivity index (χ0) is 35.3. The average Bonchev–Trinajstić information content (AvgIpc) is 3.13. The van der Waals surface area contributed by atoms with Gasteiger partial charge in [0.25, 0.3) is 5.91 Å². The van der Waals surface area contributed by atoms with Gasteiger partial charge in [-0.1, -0.05) is 72.8 Å². The van der Waals surface area contributed by atoms with Crippen LogP contribution in [0.4, 0.5) is 0 Å². The van der Waals surface area contributed by atoms with E-state index in [0.717, 1.165) is 27.2 Å². The van der Waals surface area contributed by atoms with E-state index in [1.54, 1.807) is 0 Å². The van der Waals surface area contributed by atoms with Gasteiger partial charge < -0.3 is 30.6 Å². The Kier molecular flexibility index (Phi) is 13.9. The van der Waals surface area contributed by atoms with Gasteiger partial charge in [0, 0.05) is 36.4 Å². The second kappa shape index (κ2) is 18.7. The molecule has 5 rings (SSSR count). The van der Waals surface area contributed by atoms with Crippen LogP contribution in [0.1, 0.15) is 29.7 Å². The number of amides is 3. The highest BCUT2D eigenvalue weighted by atomic mass is 32.2. The van der Waals surface area contributed by atoms with E-state index >= 15 is 0 Å². The number of benzene rings is 3. The van der Waals surface area contributed by atoms with Crippen molar-refractivity contribution in [1.82, 2.24) is 15.5 Å². The van der Waals surface area contributed by atoms with E-state index in [4.69, 9.17) is 19.9 Å². The molecule has 0 aromatic heterocycles. The molecule has 2 aliphatic heterocycles. The highest BCUT2D eigenvalue weighted by Crippen LogP contribution is 2.43. The molecule has 1 saturated heterocycles. The molecule has 0 aliphatic carbocycles. The second-order valence-corrected chi connectivity index (χ2v) is 13.8. The van der Waals surface area contributed by atoms with E-state index in [0.29, 0.717) is 51.0 Å². The predicted octanol–water partition coefficient (Wildman–Crippen LogP) is 3.44. The summed E-state index contributed by atoms with van der Waals surface area (Å²) in [6.07, 6.45) is -0.444. The van der Waals surface area contributed by atoms with Crippen LogP contribution in [0, 0.1) is 0 Å². The van der Waals surface area contributed by atoms with E-state index in [-0.39, 0.29) is 29.8 Å². The number of hydrogen-bond donors (Lipinski definition) is 3. The number of carbonyl (C=O) groups excluding carboxylic acids is 4. The Balaban J connectivity index is 1.24. The molecular formula is C37H42N4O7S2. The lowest BCUT2D eigenvalue weighted by Gasteiger charge is -2.49. The van der Waals surface area contributed by atoms with Gasteiger partial charge >= 0.3 is 5.97 Å². The van der Waals surface area contributed by atoms with E-state index in [2.05, 4.69) is 10.6 Å². The monoisotopic (exact) mass is 718 g/mol. The van der Waals surface area contributed by atoms with E-state index in [9.17, 15) is 19.2 Å². The number of ether oxygens (including phenoxy) is 3. The maximum Gasteiger partial charge on any atom is 0.356 e. The molecule has 2 atom stereocenters. The Labute approximate surface area is 300 Å². The van der Waals surface area contributed by atoms with Crippen molar-refractivity contribution in [3.8, 4) is 0 Å². The van der Waals surface area contributed by atoms with Crippen molar-refractivity contribution >= 4 is 47.2 Å². The minimum absolute atomic E-state index is 0.100. The van der Waals surface area contributed by atoms with Crippen LogP contribution < -0.4 is 16.4 Å². The van der Waals surface area contributed by atoms with Gasteiger partial charge in [-0.3, -0.25) is 19.3 Å². The van der Waals surface area contributed by atoms with Crippen LogP contribution in [0.5, 0.6) is 0 Å². The molecule has 2 heterocycles. The summed E-state index contributed by atoms with van der Waals surface area (Å²) in [6, 6.07) is 26.0. The smallest absolute Gasteiger partial charge is 0.356 e. The number of thioether (sulfide) groups is 2. The van der Waals surface area contributed by atoms with Crippen molar-refractivity contribution in [2.24, 2.45) is 5.73 Å². The molecule has 3 amide bonds. The lowest BCUT2D eigenvalue weighted by Crippen LogP contribution is -2.70. The Hall–Kier alpha value is -4.14. The van der Waals surface area contributed by atoms with Crippen LogP contribution in [-0.2, 0) is 39.8 Å². The van der Waals surface area contributed by atoms with Gasteiger partial charge in [-0.25, -0.2) is 4.79 Å². The first kappa shape index (κ1) is 37.1. The summed E-state index contributed by atoms with van der Waals surface area (Å²) in [5.74, 6) is -0.403. The third-order valence-corrected chi connectivity index (χ3v) is 10.4. The summed E-state index contributed by atoms with van der Waals surface area (Å²) in [7, 11) is 0. The molecule has 1 fully saturated rings. The standard InChI is InChI=1S/C37H42N4O7S2/c1-25(42)40-32-35(44)41-33(37(45)48-34(27-8-4-2-5-9-27)28-10-6-3-7-11-28)29(24-50-36(32)41)23-49-30-14-12-26(13-15-30)22-31(43)39-17-19-47-21-20-46-18-16-38/h2-15,32,34,36H,16-24,38H2,1H3,(H,39,43)(H,40,42). The zero-order valence-corrected chi connectivity index (χ0v) is 29.5. The normalized spacial score (nSPS) is 16.9. The molecule has 4 N–H and O–H groups in total. The fourth-order valence-electron chi connectivity index (χ4n) is 5.54. The van der Waals surface area contributed by atoms with Crippen LogP contribution >= 0.6 is 23.5 Å². The van der Waals surface area contributed by atoms with Crippen LogP contribution in [0.15, 0.2) is 101 Å². The van der Waals surface area contributed by atoms with Crippen molar-refractivity contribution in [2.75, 3.05) is 51.0 Å². The first-order valence-electron chi connectivity index (χ1n) is 16.4. The highest BCUT2D eigenvalue weighted by Gasteiger charge is 2.54. The first-order chi connectivity index (χ1) is 24.4. The van der Waals surface area contributed by atoms with Crippen LogP contribution in [0.2, 0.25) is 0 Å². The molecule has 3 aromatic rings. The Morgan fingerprint density at radius 1 is 0.920 bits per heavy atom. The van der Waals surface area contributed by atoms with Gasteiger partial charge in [0.15, 0.2) is 6.10 Å². The van der Waals surface area contributed by atoms with Crippen molar-refractivity contribution < 1.29 is 33.4 Å². The summed E-state index contributed by atoms with van der Waals surface area (Å²) in [4.78, 5) is 54.1. The van der Waals surface area contributed by atoms with E-state index in [1.165, 1.54) is 35.3 Å². The lowest BCUT2D eigenvalue weighted by molar-refractivity contribution is -0.154. The SMILES string of the molecule is CC(=O)NC1C(=O)N2C(C(=O)OC(c3ccccc3)c3ccccc3)=C(CSc3ccc(CC(=O)NCCOCCOCCN)cc3)CSC12. The summed E-state index contributed by atoms with van der Waals surface area (Å²) < 4.78 is 16.9. The maximum atomic E-state index is 14.1. The minimum Gasteiger partial charge on any atom is -0.448 e. The van der Waals surface area contributed by atoms with Crippen LogP contribution in [0.25, 0.3) is 0 Å². The fraction of sp³-hybridized carbons (Fsp3) is 0.351. The third kappa shape index (κ3) is 9.98. The number of carbonyl (C=O) groups is 4. The van der Waals surface area contributed by atoms with Gasteiger partial charge in [0.2, 0.25) is 11.8 Å². The molecule has 0 bridgehead atoms. The van der Waals surface area contributed by atoms with Crippen LogP contribution in [0.3, 0.4) is 0 Å².